The Hall–Kier alpha value is -4.19. The number of hydrogen-bond acceptors (Lipinski definition) is 5. The van der Waals surface area contributed by atoms with Crippen LogP contribution < -0.4 is 4.74 Å². The fraction of sp³-hybridized carbons (Fsp3) is 0.0800. The Kier molecular flexibility index (Phi) is 5.89. The van der Waals surface area contributed by atoms with Gasteiger partial charge in [-0.15, -0.1) is 11.7 Å². The van der Waals surface area contributed by atoms with Crippen molar-refractivity contribution in [2.24, 2.45) is 0 Å². The van der Waals surface area contributed by atoms with Crippen LogP contribution in [0, 0.1) is 0 Å². The third-order valence-electron chi connectivity index (χ3n) is 4.75. The molecule has 0 amide bonds. The van der Waals surface area contributed by atoms with Crippen molar-refractivity contribution in [2.75, 3.05) is 0 Å². The van der Waals surface area contributed by atoms with Gasteiger partial charge in [-0.1, -0.05) is 47.7 Å². The third kappa shape index (κ3) is 4.70. The Morgan fingerprint density at radius 2 is 1.77 bits per heavy atom. The molecule has 31 heavy (non-hydrogen) atoms. The van der Waals surface area contributed by atoms with Gasteiger partial charge in [-0.2, -0.15) is 0 Å². The monoisotopic (exact) mass is 411 g/mol. The smallest absolute Gasteiger partial charge is 0.193 e. The molecule has 0 radical (unpaired) electrons. The SMILES string of the molecule is C=CCc1ccc(OCc2cn(-c3ccc(C(=O)c4ccccc4)cc3)nn2)c(O)c1. The highest BCUT2D eigenvalue weighted by atomic mass is 16.5. The molecular formula is C25H21N3O3. The number of hydrogen-bond donors (Lipinski definition) is 1. The van der Waals surface area contributed by atoms with Crippen LogP contribution in [0.15, 0.2) is 91.6 Å². The molecule has 0 spiro atoms. The van der Waals surface area contributed by atoms with Crippen molar-refractivity contribution in [2.45, 2.75) is 13.0 Å². The first kappa shape index (κ1) is 20.1. The molecule has 0 unspecified atom stereocenters. The molecule has 0 fully saturated rings. The van der Waals surface area contributed by atoms with Gasteiger partial charge in [0.2, 0.25) is 0 Å². The van der Waals surface area contributed by atoms with Gasteiger partial charge in [0, 0.05) is 11.1 Å². The molecule has 0 aliphatic rings. The standard InChI is InChI=1S/C25H21N3O3/c1-2-6-18-9-14-24(23(29)15-18)31-17-21-16-28(27-26-21)22-12-10-20(11-13-22)25(30)19-7-4-3-5-8-19/h2-5,7-16,29H,1,6,17H2. The minimum Gasteiger partial charge on any atom is -0.504 e. The van der Waals surface area contributed by atoms with E-state index >= 15 is 0 Å². The lowest BCUT2D eigenvalue weighted by Gasteiger charge is -2.07. The summed E-state index contributed by atoms with van der Waals surface area (Å²) in [6.45, 7) is 3.86. The molecule has 4 aromatic rings. The van der Waals surface area contributed by atoms with Crippen LogP contribution in [0.2, 0.25) is 0 Å². The number of rotatable bonds is 8. The van der Waals surface area contributed by atoms with Gasteiger partial charge < -0.3 is 9.84 Å². The predicted octanol–water partition coefficient (Wildman–Crippen LogP) is 4.51. The van der Waals surface area contributed by atoms with Crippen LogP contribution in [0.5, 0.6) is 11.5 Å². The Morgan fingerprint density at radius 1 is 1.03 bits per heavy atom. The van der Waals surface area contributed by atoms with Crippen molar-refractivity contribution < 1.29 is 14.6 Å². The van der Waals surface area contributed by atoms with Crippen LogP contribution in [0.25, 0.3) is 5.69 Å². The topological polar surface area (TPSA) is 77.2 Å². The molecule has 154 valence electrons. The fourth-order valence-corrected chi connectivity index (χ4v) is 3.14. The highest BCUT2D eigenvalue weighted by Crippen LogP contribution is 2.27. The van der Waals surface area contributed by atoms with Crippen LogP contribution in [0.1, 0.15) is 27.2 Å². The second-order valence-corrected chi connectivity index (χ2v) is 6.98. The van der Waals surface area contributed by atoms with Gasteiger partial charge in [-0.25, -0.2) is 4.68 Å². The summed E-state index contributed by atoms with van der Waals surface area (Å²) in [6.07, 6.45) is 4.20. The first-order valence-electron chi connectivity index (χ1n) is 9.81. The lowest BCUT2D eigenvalue weighted by molar-refractivity contribution is 0.103. The van der Waals surface area contributed by atoms with Gasteiger partial charge in [0.05, 0.1) is 11.9 Å². The molecule has 0 saturated carbocycles. The second-order valence-electron chi connectivity index (χ2n) is 6.98. The molecule has 4 rings (SSSR count). The lowest BCUT2D eigenvalue weighted by atomic mass is 10.0. The largest absolute Gasteiger partial charge is 0.504 e. The number of carbonyl (C=O) groups excluding carboxylic acids is 1. The van der Waals surface area contributed by atoms with E-state index in [1.165, 1.54) is 0 Å². The highest BCUT2D eigenvalue weighted by Gasteiger charge is 2.10. The summed E-state index contributed by atoms with van der Waals surface area (Å²) in [4.78, 5) is 12.5. The summed E-state index contributed by atoms with van der Waals surface area (Å²) in [5, 5.41) is 18.3. The van der Waals surface area contributed by atoms with Gasteiger partial charge in [0.15, 0.2) is 17.3 Å². The molecule has 6 heteroatoms. The molecule has 1 heterocycles. The van der Waals surface area contributed by atoms with Gasteiger partial charge in [-0.3, -0.25) is 4.79 Å². The summed E-state index contributed by atoms with van der Waals surface area (Å²) >= 11 is 0. The number of phenolic OH excluding ortho intramolecular Hbond substituents is 1. The number of ether oxygens (including phenoxy) is 1. The Balaban J connectivity index is 1.42. The number of nitrogens with zero attached hydrogens (tertiary/aromatic N) is 3. The zero-order valence-corrected chi connectivity index (χ0v) is 16.8. The summed E-state index contributed by atoms with van der Waals surface area (Å²) in [5.41, 5.74) is 3.60. The Bertz CT molecular complexity index is 1200. The highest BCUT2D eigenvalue weighted by molar-refractivity contribution is 6.09. The van der Waals surface area contributed by atoms with Crippen LogP contribution in [-0.4, -0.2) is 25.9 Å². The van der Waals surface area contributed by atoms with Gasteiger partial charge >= 0.3 is 0 Å². The minimum absolute atomic E-state index is 0.0289. The summed E-state index contributed by atoms with van der Waals surface area (Å²) in [6, 6.07) is 21.6. The maximum absolute atomic E-state index is 12.5. The Labute approximate surface area is 180 Å². The van der Waals surface area contributed by atoms with E-state index in [1.54, 1.807) is 53.4 Å². The number of benzene rings is 3. The minimum atomic E-state index is -0.0289. The van der Waals surface area contributed by atoms with E-state index in [4.69, 9.17) is 4.74 Å². The number of ketones is 1. The van der Waals surface area contributed by atoms with E-state index in [9.17, 15) is 9.90 Å². The van der Waals surface area contributed by atoms with E-state index in [2.05, 4.69) is 16.9 Å². The van der Waals surface area contributed by atoms with Crippen molar-refractivity contribution in [1.82, 2.24) is 15.0 Å². The summed E-state index contributed by atoms with van der Waals surface area (Å²) < 4.78 is 7.28. The van der Waals surface area contributed by atoms with Crippen molar-refractivity contribution in [3.05, 3.63) is 114 Å². The van der Waals surface area contributed by atoms with Crippen LogP contribution in [0.3, 0.4) is 0 Å². The normalized spacial score (nSPS) is 10.6. The molecular weight excluding hydrogens is 390 g/mol. The Morgan fingerprint density at radius 3 is 2.48 bits per heavy atom. The van der Waals surface area contributed by atoms with Crippen LogP contribution in [0.4, 0.5) is 0 Å². The second kappa shape index (κ2) is 9.09. The van der Waals surface area contributed by atoms with Crippen LogP contribution >= 0.6 is 0 Å². The van der Waals surface area contributed by atoms with E-state index in [1.807, 2.05) is 36.4 Å². The molecule has 3 aromatic carbocycles. The summed E-state index contributed by atoms with van der Waals surface area (Å²) in [7, 11) is 0. The van der Waals surface area contributed by atoms with Crippen molar-refractivity contribution in [3.63, 3.8) is 0 Å². The molecule has 1 N–H and O–H groups in total. The molecule has 0 atom stereocenters. The van der Waals surface area contributed by atoms with Gasteiger partial charge in [-0.05, 0) is 48.4 Å². The predicted molar refractivity (Wildman–Crippen MR) is 118 cm³/mol. The number of aromatic hydroxyl groups is 1. The zero-order valence-electron chi connectivity index (χ0n) is 16.8. The average molecular weight is 411 g/mol. The number of allylic oxidation sites excluding steroid dienone is 1. The third-order valence-corrected chi connectivity index (χ3v) is 4.75. The molecule has 0 saturated heterocycles. The van der Waals surface area contributed by atoms with Crippen molar-refractivity contribution in [3.8, 4) is 17.2 Å². The molecule has 0 aliphatic heterocycles. The average Bonchev–Trinajstić information content (AvgIpc) is 3.28. The van der Waals surface area contributed by atoms with Crippen molar-refractivity contribution >= 4 is 5.78 Å². The van der Waals surface area contributed by atoms with Gasteiger partial charge in [0.25, 0.3) is 0 Å². The molecule has 1 aromatic heterocycles. The van der Waals surface area contributed by atoms with Gasteiger partial charge in [0.1, 0.15) is 12.3 Å². The van der Waals surface area contributed by atoms with E-state index in [0.717, 1.165) is 11.3 Å². The van der Waals surface area contributed by atoms with E-state index in [-0.39, 0.29) is 18.1 Å². The maximum Gasteiger partial charge on any atom is 0.193 e. The maximum atomic E-state index is 12.5. The van der Waals surface area contributed by atoms with E-state index in [0.29, 0.717) is 29.0 Å². The lowest BCUT2D eigenvalue weighted by Crippen LogP contribution is -2.02. The van der Waals surface area contributed by atoms with Crippen LogP contribution in [-0.2, 0) is 13.0 Å². The molecule has 6 nitrogen and oxygen atoms in total. The summed E-state index contributed by atoms with van der Waals surface area (Å²) in [5.74, 6) is 0.426. The zero-order chi connectivity index (χ0) is 21.6. The quantitative estimate of drug-likeness (QED) is 0.341. The first-order valence-corrected chi connectivity index (χ1v) is 9.81. The van der Waals surface area contributed by atoms with E-state index < -0.39 is 0 Å². The molecule has 0 aliphatic carbocycles. The number of aromatic nitrogens is 3. The fourth-order valence-electron chi connectivity index (χ4n) is 3.14. The van der Waals surface area contributed by atoms with Crippen molar-refractivity contribution in [1.29, 1.82) is 0 Å². The first-order chi connectivity index (χ1) is 15.1. The number of carbonyl (C=O) groups is 1. The molecule has 0 bridgehead atoms. The number of phenols is 1.